The second kappa shape index (κ2) is 6.89. The fourth-order valence-corrected chi connectivity index (χ4v) is 2.76. The fraction of sp³-hybridized carbons (Fsp3) is 0.222. The van der Waals surface area contributed by atoms with E-state index in [1.165, 1.54) is 0 Å². The molecule has 0 radical (unpaired) electrons. The van der Waals surface area contributed by atoms with E-state index in [4.69, 9.17) is 5.11 Å². The summed E-state index contributed by atoms with van der Waals surface area (Å²) in [5.74, 6) is -1.88. The lowest BCUT2D eigenvalue weighted by atomic mass is 9.71. The van der Waals surface area contributed by atoms with Crippen molar-refractivity contribution in [1.82, 2.24) is 0 Å². The molecule has 22 heavy (non-hydrogen) atoms. The summed E-state index contributed by atoms with van der Waals surface area (Å²) in [5.41, 5.74) is 0.107. The predicted octanol–water partition coefficient (Wildman–Crippen LogP) is 3.31. The van der Waals surface area contributed by atoms with Crippen LogP contribution in [0, 0.1) is 0 Å². The van der Waals surface area contributed by atoms with Gasteiger partial charge in [0.05, 0.1) is 0 Å². The molecule has 4 heteroatoms. The molecule has 4 nitrogen and oxygen atoms in total. The minimum Gasteiger partial charge on any atom is -0.481 e. The van der Waals surface area contributed by atoms with E-state index in [0.717, 1.165) is 0 Å². The van der Waals surface area contributed by atoms with Gasteiger partial charge in [0.25, 0.3) is 0 Å². The first-order chi connectivity index (χ1) is 10.6. The van der Waals surface area contributed by atoms with Crippen LogP contribution < -0.4 is 0 Å². The maximum absolute atomic E-state index is 12.2. The third-order valence-electron chi connectivity index (χ3n) is 3.84. The van der Waals surface area contributed by atoms with Crippen LogP contribution in [-0.4, -0.2) is 22.2 Å². The smallest absolute Gasteiger partial charge is 0.318 e. The number of aliphatic carboxylic acids is 2. The average molecular weight is 298 g/mol. The molecule has 0 atom stereocenters. The molecule has 0 amide bonds. The highest BCUT2D eigenvalue weighted by atomic mass is 16.4. The largest absolute Gasteiger partial charge is 0.481 e. The van der Waals surface area contributed by atoms with E-state index in [2.05, 4.69) is 0 Å². The Hall–Kier alpha value is -2.62. The van der Waals surface area contributed by atoms with Crippen molar-refractivity contribution >= 4 is 11.9 Å². The third kappa shape index (κ3) is 3.17. The summed E-state index contributed by atoms with van der Waals surface area (Å²) >= 11 is 0. The van der Waals surface area contributed by atoms with Gasteiger partial charge in [0, 0.05) is 6.42 Å². The predicted molar refractivity (Wildman–Crippen MR) is 82.8 cm³/mol. The van der Waals surface area contributed by atoms with E-state index in [1.54, 1.807) is 48.5 Å². The summed E-state index contributed by atoms with van der Waals surface area (Å²) in [6.07, 6.45) is 0.489. The highest BCUT2D eigenvalue weighted by Crippen LogP contribution is 2.37. The number of benzene rings is 2. The molecule has 2 aromatic rings. The zero-order valence-corrected chi connectivity index (χ0v) is 12.1. The molecule has 114 valence electrons. The number of carboxylic acid groups (broad SMARTS) is 2. The van der Waals surface area contributed by atoms with Gasteiger partial charge in [-0.1, -0.05) is 60.7 Å². The van der Waals surface area contributed by atoms with E-state index < -0.39 is 17.4 Å². The first kappa shape index (κ1) is 15.8. The van der Waals surface area contributed by atoms with Crippen molar-refractivity contribution in [2.45, 2.75) is 24.7 Å². The van der Waals surface area contributed by atoms with Crippen LogP contribution in [0.15, 0.2) is 60.7 Å². The van der Waals surface area contributed by atoms with Crippen LogP contribution in [0.2, 0.25) is 0 Å². The van der Waals surface area contributed by atoms with Gasteiger partial charge < -0.3 is 10.2 Å². The van der Waals surface area contributed by atoms with E-state index in [0.29, 0.717) is 17.5 Å². The normalized spacial score (nSPS) is 11.1. The molecule has 2 N–H and O–H groups in total. The molecule has 2 aromatic carbocycles. The summed E-state index contributed by atoms with van der Waals surface area (Å²) < 4.78 is 0. The second-order valence-electron chi connectivity index (χ2n) is 5.19. The summed E-state index contributed by atoms with van der Waals surface area (Å²) in [5, 5.41) is 18.8. The van der Waals surface area contributed by atoms with Crippen molar-refractivity contribution in [2.75, 3.05) is 0 Å². The van der Waals surface area contributed by atoms with Gasteiger partial charge in [0.15, 0.2) is 0 Å². The Labute approximate surface area is 129 Å². The summed E-state index contributed by atoms with van der Waals surface area (Å²) in [4.78, 5) is 22.9. The average Bonchev–Trinajstić information content (AvgIpc) is 2.53. The van der Waals surface area contributed by atoms with Gasteiger partial charge in [0.2, 0.25) is 0 Å². The van der Waals surface area contributed by atoms with E-state index >= 15 is 0 Å². The standard InChI is InChI=1S/C18H18O4/c19-16(20)12-7-13-18(17(21)22,14-8-3-1-4-9-14)15-10-5-2-6-11-15/h1-6,8-11H,7,12-13H2,(H,19,20)(H,21,22). The van der Waals surface area contributed by atoms with Crippen LogP contribution in [0.3, 0.4) is 0 Å². The Morgan fingerprint density at radius 2 is 1.27 bits per heavy atom. The lowest BCUT2D eigenvalue weighted by Gasteiger charge is -2.30. The van der Waals surface area contributed by atoms with Gasteiger partial charge in [-0.05, 0) is 24.0 Å². The molecule has 2 rings (SSSR count). The fourth-order valence-electron chi connectivity index (χ4n) is 2.76. The molecule has 0 spiro atoms. The van der Waals surface area contributed by atoms with Crippen molar-refractivity contribution in [1.29, 1.82) is 0 Å². The molecule has 0 saturated carbocycles. The zero-order chi connectivity index (χ0) is 16.0. The minimum atomic E-state index is -1.22. The van der Waals surface area contributed by atoms with Crippen LogP contribution >= 0.6 is 0 Å². The zero-order valence-electron chi connectivity index (χ0n) is 12.1. The molecule has 0 fully saturated rings. The first-order valence-electron chi connectivity index (χ1n) is 7.13. The molecule has 0 aliphatic carbocycles. The molecule has 0 bridgehead atoms. The van der Waals surface area contributed by atoms with Crippen molar-refractivity contribution in [3.05, 3.63) is 71.8 Å². The highest BCUT2D eigenvalue weighted by Gasteiger charge is 2.41. The first-order valence-corrected chi connectivity index (χ1v) is 7.13. The number of carbonyl (C=O) groups is 2. The van der Waals surface area contributed by atoms with E-state index in [1.807, 2.05) is 12.1 Å². The highest BCUT2D eigenvalue weighted by molar-refractivity contribution is 5.86. The summed E-state index contributed by atoms with van der Waals surface area (Å²) in [6, 6.07) is 18.0. The molecule has 0 unspecified atom stereocenters. The van der Waals surface area contributed by atoms with Crippen LogP contribution in [0.4, 0.5) is 0 Å². The van der Waals surface area contributed by atoms with E-state index in [-0.39, 0.29) is 12.8 Å². The van der Waals surface area contributed by atoms with Gasteiger partial charge in [0.1, 0.15) is 5.41 Å². The monoisotopic (exact) mass is 298 g/mol. The molecule has 0 aromatic heterocycles. The van der Waals surface area contributed by atoms with Crippen molar-refractivity contribution < 1.29 is 19.8 Å². The Kier molecular flexibility index (Phi) is 4.94. The minimum absolute atomic E-state index is 0.0469. The van der Waals surface area contributed by atoms with Gasteiger partial charge in [-0.25, -0.2) is 0 Å². The molecule has 0 saturated heterocycles. The number of hydrogen-bond donors (Lipinski definition) is 2. The van der Waals surface area contributed by atoms with Crippen LogP contribution in [0.1, 0.15) is 30.4 Å². The third-order valence-corrected chi connectivity index (χ3v) is 3.84. The van der Waals surface area contributed by atoms with Crippen LogP contribution in [0.5, 0.6) is 0 Å². The van der Waals surface area contributed by atoms with E-state index in [9.17, 15) is 14.7 Å². The molecule has 0 heterocycles. The lowest BCUT2D eigenvalue weighted by Crippen LogP contribution is -2.37. The summed E-state index contributed by atoms with van der Waals surface area (Å²) in [6.45, 7) is 0. The molecular formula is C18H18O4. The maximum Gasteiger partial charge on any atom is 0.318 e. The Balaban J connectivity index is 2.50. The number of hydrogen-bond acceptors (Lipinski definition) is 2. The number of carboxylic acids is 2. The number of rotatable bonds is 7. The summed E-state index contributed by atoms with van der Waals surface area (Å²) in [7, 11) is 0. The van der Waals surface area contributed by atoms with Crippen molar-refractivity contribution in [3.63, 3.8) is 0 Å². The van der Waals surface area contributed by atoms with Crippen LogP contribution in [-0.2, 0) is 15.0 Å². The SMILES string of the molecule is O=C(O)CCCC(C(=O)O)(c1ccccc1)c1ccccc1. The van der Waals surface area contributed by atoms with Gasteiger partial charge in [-0.2, -0.15) is 0 Å². The lowest BCUT2D eigenvalue weighted by molar-refractivity contribution is -0.143. The quantitative estimate of drug-likeness (QED) is 0.822. The van der Waals surface area contributed by atoms with Crippen molar-refractivity contribution in [3.8, 4) is 0 Å². The Morgan fingerprint density at radius 3 is 1.64 bits per heavy atom. The Bertz CT molecular complexity index is 595. The van der Waals surface area contributed by atoms with Gasteiger partial charge in [-0.15, -0.1) is 0 Å². The van der Waals surface area contributed by atoms with Crippen LogP contribution in [0.25, 0.3) is 0 Å². The van der Waals surface area contributed by atoms with Crippen molar-refractivity contribution in [2.24, 2.45) is 0 Å². The molecular weight excluding hydrogens is 280 g/mol. The topological polar surface area (TPSA) is 74.6 Å². The Morgan fingerprint density at radius 1 is 0.818 bits per heavy atom. The molecule has 0 aliphatic rings. The maximum atomic E-state index is 12.2. The second-order valence-corrected chi connectivity index (χ2v) is 5.19. The van der Waals surface area contributed by atoms with Gasteiger partial charge >= 0.3 is 11.9 Å². The van der Waals surface area contributed by atoms with Gasteiger partial charge in [-0.3, -0.25) is 9.59 Å². The molecule has 0 aliphatic heterocycles.